The number of aromatic nitrogens is 1. The summed E-state index contributed by atoms with van der Waals surface area (Å²) in [5, 5.41) is 11.3. The standard InChI is InChI=1S/C18H20FN3O4/c1-25-14-10-15(19)18(22(23)24)16(11-14)21-8-5-13(6-9-21)12-26-17-4-2-3-7-20-17/h2-4,7,10-11,13H,5-6,8-9,12H2,1H3. The van der Waals surface area contributed by atoms with Crippen molar-refractivity contribution in [1.29, 1.82) is 0 Å². The predicted octanol–water partition coefficient (Wildman–Crippen LogP) is 3.43. The lowest BCUT2D eigenvalue weighted by Gasteiger charge is -2.33. The molecule has 1 fully saturated rings. The first kappa shape index (κ1) is 17.9. The summed E-state index contributed by atoms with van der Waals surface area (Å²) in [5.41, 5.74) is -0.245. The highest BCUT2D eigenvalue weighted by atomic mass is 19.1. The number of hydrogen-bond acceptors (Lipinski definition) is 6. The van der Waals surface area contributed by atoms with Gasteiger partial charge in [-0.1, -0.05) is 6.07 Å². The van der Waals surface area contributed by atoms with Gasteiger partial charge in [-0.3, -0.25) is 10.1 Å². The Hall–Kier alpha value is -2.90. The number of rotatable bonds is 6. The highest BCUT2D eigenvalue weighted by Crippen LogP contribution is 2.37. The normalized spacial score (nSPS) is 14.9. The largest absolute Gasteiger partial charge is 0.497 e. The number of ether oxygens (including phenoxy) is 2. The maximum absolute atomic E-state index is 14.1. The fourth-order valence-corrected chi connectivity index (χ4v) is 3.08. The van der Waals surface area contributed by atoms with E-state index in [9.17, 15) is 14.5 Å². The number of nitro groups is 1. The molecule has 0 N–H and O–H groups in total. The van der Waals surface area contributed by atoms with E-state index in [0.29, 0.717) is 31.5 Å². The maximum Gasteiger partial charge on any atom is 0.328 e. The average Bonchev–Trinajstić information content (AvgIpc) is 2.66. The van der Waals surface area contributed by atoms with Gasteiger partial charge in [0.25, 0.3) is 0 Å². The topological polar surface area (TPSA) is 77.7 Å². The van der Waals surface area contributed by atoms with Crippen LogP contribution in [0.25, 0.3) is 0 Å². The summed E-state index contributed by atoms with van der Waals surface area (Å²) in [5.74, 6) is 0.289. The molecule has 2 heterocycles. The Morgan fingerprint density at radius 1 is 1.35 bits per heavy atom. The molecule has 0 saturated carbocycles. The molecule has 7 nitrogen and oxygen atoms in total. The Balaban J connectivity index is 1.66. The Bertz CT molecular complexity index is 765. The number of halogens is 1. The van der Waals surface area contributed by atoms with Gasteiger partial charge in [0, 0.05) is 37.5 Å². The van der Waals surface area contributed by atoms with Gasteiger partial charge in [0.05, 0.1) is 18.6 Å². The van der Waals surface area contributed by atoms with Gasteiger partial charge in [-0.15, -0.1) is 0 Å². The van der Waals surface area contributed by atoms with Crippen LogP contribution in [0.3, 0.4) is 0 Å². The molecule has 138 valence electrons. The second kappa shape index (κ2) is 7.99. The van der Waals surface area contributed by atoms with Gasteiger partial charge in [-0.05, 0) is 24.8 Å². The molecule has 0 atom stereocenters. The summed E-state index contributed by atoms with van der Waals surface area (Å²) < 4.78 is 24.9. The fourth-order valence-electron chi connectivity index (χ4n) is 3.08. The summed E-state index contributed by atoms with van der Waals surface area (Å²) in [4.78, 5) is 16.6. The summed E-state index contributed by atoms with van der Waals surface area (Å²) in [6.45, 7) is 1.72. The van der Waals surface area contributed by atoms with Gasteiger partial charge < -0.3 is 14.4 Å². The maximum atomic E-state index is 14.1. The zero-order valence-corrected chi connectivity index (χ0v) is 14.4. The summed E-state index contributed by atoms with van der Waals surface area (Å²) in [6, 6.07) is 8.05. The molecule has 1 aromatic carbocycles. The van der Waals surface area contributed by atoms with Gasteiger partial charge in [0.2, 0.25) is 11.7 Å². The predicted molar refractivity (Wildman–Crippen MR) is 94.3 cm³/mol. The van der Waals surface area contributed by atoms with E-state index in [4.69, 9.17) is 9.47 Å². The van der Waals surface area contributed by atoms with E-state index in [-0.39, 0.29) is 11.4 Å². The smallest absolute Gasteiger partial charge is 0.328 e. The van der Waals surface area contributed by atoms with Crippen molar-refractivity contribution < 1.29 is 18.8 Å². The molecule has 1 aliphatic rings. The fraction of sp³-hybridized carbons (Fsp3) is 0.389. The molecule has 0 bridgehead atoms. The van der Waals surface area contributed by atoms with Crippen LogP contribution in [0.2, 0.25) is 0 Å². The highest BCUT2D eigenvalue weighted by Gasteiger charge is 2.29. The molecule has 0 unspecified atom stereocenters. The van der Waals surface area contributed by atoms with Crippen LogP contribution < -0.4 is 14.4 Å². The molecule has 3 rings (SSSR count). The molecule has 0 amide bonds. The van der Waals surface area contributed by atoms with Crippen LogP contribution in [0.4, 0.5) is 15.8 Å². The molecule has 1 aromatic heterocycles. The van der Waals surface area contributed by atoms with Crippen molar-refractivity contribution >= 4 is 11.4 Å². The van der Waals surface area contributed by atoms with Crippen LogP contribution in [-0.4, -0.2) is 36.7 Å². The summed E-state index contributed by atoms with van der Waals surface area (Å²) in [6.07, 6.45) is 3.26. The first-order chi connectivity index (χ1) is 12.6. The van der Waals surface area contributed by atoms with Crippen molar-refractivity contribution in [3.8, 4) is 11.6 Å². The van der Waals surface area contributed by atoms with Crippen molar-refractivity contribution in [3.63, 3.8) is 0 Å². The third kappa shape index (κ3) is 4.01. The van der Waals surface area contributed by atoms with E-state index in [0.717, 1.165) is 18.9 Å². The van der Waals surface area contributed by atoms with Gasteiger partial charge in [0.1, 0.15) is 11.4 Å². The first-order valence-electron chi connectivity index (χ1n) is 8.39. The van der Waals surface area contributed by atoms with Crippen LogP contribution in [0, 0.1) is 21.8 Å². The Morgan fingerprint density at radius 2 is 2.12 bits per heavy atom. The Morgan fingerprint density at radius 3 is 2.73 bits per heavy atom. The third-order valence-corrected chi connectivity index (χ3v) is 4.49. The molecule has 0 spiro atoms. The molecular formula is C18H20FN3O4. The van der Waals surface area contributed by atoms with Crippen molar-refractivity contribution in [2.75, 3.05) is 31.7 Å². The number of piperidine rings is 1. The van der Waals surface area contributed by atoms with Crippen LogP contribution >= 0.6 is 0 Å². The molecular weight excluding hydrogens is 341 g/mol. The lowest BCUT2D eigenvalue weighted by molar-refractivity contribution is -0.386. The monoisotopic (exact) mass is 361 g/mol. The van der Waals surface area contributed by atoms with Gasteiger partial charge in [0.15, 0.2) is 0 Å². The van der Waals surface area contributed by atoms with E-state index in [1.165, 1.54) is 13.2 Å². The number of nitro benzene ring substituents is 1. The zero-order chi connectivity index (χ0) is 18.5. The minimum Gasteiger partial charge on any atom is -0.497 e. The van der Waals surface area contributed by atoms with Crippen molar-refractivity contribution in [3.05, 3.63) is 52.5 Å². The lowest BCUT2D eigenvalue weighted by Crippen LogP contribution is -2.36. The van der Waals surface area contributed by atoms with Crippen molar-refractivity contribution in [2.45, 2.75) is 12.8 Å². The number of hydrogen-bond donors (Lipinski definition) is 0. The quantitative estimate of drug-likeness (QED) is 0.579. The van der Waals surface area contributed by atoms with Crippen LogP contribution in [0.5, 0.6) is 11.6 Å². The minimum atomic E-state index is -0.884. The number of pyridine rings is 1. The van der Waals surface area contributed by atoms with Crippen LogP contribution in [0.15, 0.2) is 36.5 Å². The van der Waals surface area contributed by atoms with E-state index >= 15 is 0 Å². The summed E-state index contributed by atoms with van der Waals surface area (Å²) >= 11 is 0. The average molecular weight is 361 g/mol. The molecule has 1 aliphatic heterocycles. The Labute approximate surface area is 150 Å². The molecule has 1 saturated heterocycles. The first-order valence-corrected chi connectivity index (χ1v) is 8.39. The van der Waals surface area contributed by atoms with Crippen molar-refractivity contribution in [1.82, 2.24) is 4.98 Å². The third-order valence-electron chi connectivity index (χ3n) is 4.49. The van der Waals surface area contributed by atoms with E-state index in [1.54, 1.807) is 12.3 Å². The SMILES string of the molecule is COc1cc(F)c([N+](=O)[O-])c(N2CCC(COc3ccccn3)CC2)c1. The molecule has 2 aromatic rings. The number of nitrogens with zero attached hydrogens (tertiary/aromatic N) is 3. The molecule has 0 aliphatic carbocycles. The van der Waals surface area contributed by atoms with E-state index < -0.39 is 16.4 Å². The molecule has 8 heteroatoms. The number of methoxy groups -OCH3 is 1. The second-order valence-corrected chi connectivity index (χ2v) is 6.14. The van der Waals surface area contributed by atoms with Crippen LogP contribution in [0.1, 0.15) is 12.8 Å². The summed E-state index contributed by atoms with van der Waals surface area (Å²) in [7, 11) is 1.41. The van der Waals surface area contributed by atoms with Crippen molar-refractivity contribution in [2.24, 2.45) is 5.92 Å². The number of benzene rings is 1. The number of anilines is 1. The second-order valence-electron chi connectivity index (χ2n) is 6.14. The van der Waals surface area contributed by atoms with E-state index in [2.05, 4.69) is 4.98 Å². The lowest BCUT2D eigenvalue weighted by atomic mass is 9.97. The van der Waals surface area contributed by atoms with Gasteiger partial charge >= 0.3 is 5.69 Å². The van der Waals surface area contributed by atoms with E-state index in [1.807, 2.05) is 17.0 Å². The van der Waals surface area contributed by atoms with Gasteiger partial charge in [-0.2, -0.15) is 4.39 Å². The minimum absolute atomic E-state index is 0.260. The molecule has 0 radical (unpaired) electrons. The zero-order valence-electron chi connectivity index (χ0n) is 14.4. The van der Waals surface area contributed by atoms with Gasteiger partial charge in [-0.25, -0.2) is 4.98 Å². The molecule has 26 heavy (non-hydrogen) atoms. The van der Waals surface area contributed by atoms with Crippen LogP contribution in [-0.2, 0) is 0 Å². The highest BCUT2D eigenvalue weighted by molar-refractivity contribution is 5.66. The Kier molecular flexibility index (Phi) is 5.50.